The average Bonchev–Trinajstić information content (AvgIpc) is 3.46. The zero-order valence-electron chi connectivity index (χ0n) is 18.0. The molecule has 168 valence electrons. The van der Waals surface area contributed by atoms with Crippen molar-refractivity contribution in [3.63, 3.8) is 0 Å². The van der Waals surface area contributed by atoms with E-state index < -0.39 is 0 Å². The topological polar surface area (TPSA) is 94.8 Å². The molecule has 1 amide bonds. The predicted molar refractivity (Wildman–Crippen MR) is 127 cm³/mol. The Morgan fingerprint density at radius 3 is 2.91 bits per heavy atom. The van der Waals surface area contributed by atoms with Crippen molar-refractivity contribution in [3.05, 3.63) is 41.9 Å². The number of anilines is 1. The van der Waals surface area contributed by atoms with E-state index in [1.54, 1.807) is 13.2 Å². The van der Waals surface area contributed by atoms with Crippen molar-refractivity contribution in [2.75, 3.05) is 18.2 Å². The summed E-state index contributed by atoms with van der Waals surface area (Å²) in [5.41, 5.74) is 0.888. The Bertz CT molecular complexity index is 1070. The minimum absolute atomic E-state index is 0.141. The van der Waals surface area contributed by atoms with Crippen LogP contribution in [0.15, 0.2) is 42.1 Å². The van der Waals surface area contributed by atoms with Crippen LogP contribution in [-0.4, -0.2) is 43.7 Å². The zero-order chi connectivity index (χ0) is 22.3. The van der Waals surface area contributed by atoms with Crippen molar-refractivity contribution in [2.45, 2.75) is 49.7 Å². The monoisotopic (exact) mass is 470 g/mol. The molecule has 0 atom stereocenters. The van der Waals surface area contributed by atoms with Gasteiger partial charge in [0, 0.05) is 18.0 Å². The van der Waals surface area contributed by atoms with Gasteiger partial charge in [-0.25, -0.2) is 0 Å². The Labute approximate surface area is 195 Å². The third kappa shape index (κ3) is 5.36. The smallest absolute Gasteiger partial charge is 0.236 e. The molecule has 2 aromatic heterocycles. The maximum atomic E-state index is 12.5. The average molecular weight is 471 g/mol. The Balaban J connectivity index is 1.40. The van der Waals surface area contributed by atoms with Crippen molar-refractivity contribution >= 4 is 34.1 Å². The first-order valence-corrected chi connectivity index (χ1v) is 12.4. The third-order valence-corrected chi connectivity index (χ3v) is 7.30. The summed E-state index contributed by atoms with van der Waals surface area (Å²) in [5, 5.41) is 22.2. The highest BCUT2D eigenvalue weighted by Crippen LogP contribution is 2.35. The molecular weight excluding hydrogens is 444 g/mol. The van der Waals surface area contributed by atoms with Gasteiger partial charge in [-0.15, -0.1) is 27.0 Å². The normalized spacial score (nSPS) is 14.3. The second-order valence-electron chi connectivity index (χ2n) is 7.55. The lowest BCUT2D eigenvalue weighted by molar-refractivity contribution is -0.113. The Kier molecular flexibility index (Phi) is 7.54. The molecule has 0 saturated heterocycles. The molecule has 1 aromatic carbocycles. The van der Waals surface area contributed by atoms with Crippen LogP contribution in [0.4, 0.5) is 5.13 Å². The van der Waals surface area contributed by atoms with Crippen LogP contribution >= 0.6 is 23.1 Å². The number of methoxy groups -OCH3 is 1. The molecule has 0 bridgehead atoms. The molecule has 0 spiro atoms. The number of thioether (sulfide) groups is 1. The van der Waals surface area contributed by atoms with Crippen molar-refractivity contribution in [2.24, 2.45) is 0 Å². The first-order chi connectivity index (χ1) is 15.7. The largest absolute Gasteiger partial charge is 0.497 e. The lowest BCUT2D eigenvalue weighted by Gasteiger charge is -2.18. The summed E-state index contributed by atoms with van der Waals surface area (Å²) in [5.74, 6) is 1.99. The first kappa shape index (κ1) is 22.5. The zero-order valence-corrected chi connectivity index (χ0v) is 19.6. The molecule has 10 heteroatoms. The summed E-state index contributed by atoms with van der Waals surface area (Å²) in [6, 6.07) is 7.65. The summed E-state index contributed by atoms with van der Waals surface area (Å²) in [7, 11) is 1.63. The number of rotatable bonds is 9. The molecule has 1 saturated carbocycles. The van der Waals surface area contributed by atoms with Gasteiger partial charge in [0.15, 0.2) is 11.0 Å². The maximum absolute atomic E-state index is 12.5. The number of benzene rings is 1. The Morgan fingerprint density at radius 1 is 1.28 bits per heavy atom. The number of hydrogen-bond acceptors (Lipinski definition) is 8. The van der Waals surface area contributed by atoms with Gasteiger partial charge in [-0.2, -0.15) is 0 Å². The molecule has 1 N–H and O–H groups in total. The van der Waals surface area contributed by atoms with E-state index in [9.17, 15) is 4.79 Å². The van der Waals surface area contributed by atoms with Crippen LogP contribution in [0, 0.1) is 0 Å². The van der Waals surface area contributed by atoms with Gasteiger partial charge in [0.05, 0.1) is 12.9 Å². The van der Waals surface area contributed by atoms with Crippen molar-refractivity contribution < 1.29 is 9.53 Å². The number of nitrogens with zero attached hydrogens (tertiary/aromatic N) is 5. The number of aromatic nitrogens is 5. The lowest BCUT2D eigenvalue weighted by Crippen LogP contribution is -2.14. The highest BCUT2D eigenvalue weighted by Gasteiger charge is 2.21. The number of carbonyl (C=O) groups excluding carboxylic acids is 1. The molecule has 0 aliphatic heterocycles. The standard InChI is InChI=1S/C22H26N6O2S2/c1-3-12-28-19(16-10-7-11-17(13-16)30-2)24-27-22(28)31-14-18(29)23-21-26-25-20(32-21)15-8-5-4-6-9-15/h3,7,10-11,13,15H,1,4-6,8-9,12,14H2,2H3,(H,23,26,29). The van der Waals surface area contributed by atoms with Gasteiger partial charge in [0.2, 0.25) is 11.0 Å². The third-order valence-electron chi connectivity index (χ3n) is 5.33. The van der Waals surface area contributed by atoms with E-state index in [0.29, 0.717) is 28.6 Å². The van der Waals surface area contributed by atoms with Crippen LogP contribution in [0.25, 0.3) is 11.4 Å². The summed E-state index contributed by atoms with van der Waals surface area (Å²) in [6.07, 6.45) is 7.88. The van der Waals surface area contributed by atoms with E-state index in [4.69, 9.17) is 4.74 Å². The van der Waals surface area contributed by atoms with Gasteiger partial charge < -0.3 is 4.74 Å². The fraction of sp³-hybridized carbons (Fsp3) is 0.409. The van der Waals surface area contributed by atoms with Gasteiger partial charge in [-0.1, -0.05) is 60.6 Å². The quantitative estimate of drug-likeness (QED) is 0.355. The molecule has 1 aliphatic rings. The second-order valence-corrected chi connectivity index (χ2v) is 9.51. The van der Waals surface area contributed by atoms with Gasteiger partial charge in [0.1, 0.15) is 10.8 Å². The van der Waals surface area contributed by atoms with E-state index in [1.807, 2.05) is 28.8 Å². The van der Waals surface area contributed by atoms with Gasteiger partial charge in [-0.05, 0) is 25.0 Å². The number of hydrogen-bond donors (Lipinski definition) is 1. The van der Waals surface area contributed by atoms with Crippen LogP contribution in [0.2, 0.25) is 0 Å². The lowest BCUT2D eigenvalue weighted by atomic mass is 9.90. The first-order valence-electron chi connectivity index (χ1n) is 10.6. The fourth-order valence-corrected chi connectivity index (χ4v) is 5.43. The number of ether oxygens (including phenoxy) is 1. The molecular formula is C22H26N6O2S2. The molecule has 1 fully saturated rings. The van der Waals surface area contributed by atoms with Crippen LogP contribution in [0.3, 0.4) is 0 Å². The molecule has 3 aromatic rings. The highest BCUT2D eigenvalue weighted by atomic mass is 32.2. The van der Waals surface area contributed by atoms with Crippen molar-refractivity contribution in [3.8, 4) is 17.1 Å². The number of nitrogens with one attached hydrogen (secondary N) is 1. The van der Waals surface area contributed by atoms with Crippen LogP contribution in [-0.2, 0) is 11.3 Å². The van der Waals surface area contributed by atoms with Gasteiger partial charge in [0.25, 0.3) is 0 Å². The van der Waals surface area contributed by atoms with E-state index in [1.165, 1.54) is 42.4 Å². The van der Waals surface area contributed by atoms with E-state index >= 15 is 0 Å². The van der Waals surface area contributed by atoms with Crippen molar-refractivity contribution in [1.82, 2.24) is 25.0 Å². The minimum Gasteiger partial charge on any atom is -0.497 e. The Hall–Kier alpha value is -2.72. The Morgan fingerprint density at radius 2 is 2.12 bits per heavy atom. The molecule has 32 heavy (non-hydrogen) atoms. The summed E-state index contributed by atoms with van der Waals surface area (Å²) in [6.45, 7) is 4.37. The summed E-state index contributed by atoms with van der Waals surface area (Å²) >= 11 is 2.81. The molecule has 1 aliphatic carbocycles. The SMILES string of the molecule is C=CCn1c(SCC(=O)Nc2nnc(C3CCCCC3)s2)nnc1-c1cccc(OC)c1. The molecule has 4 rings (SSSR count). The van der Waals surface area contributed by atoms with Gasteiger partial charge in [-0.3, -0.25) is 14.7 Å². The van der Waals surface area contributed by atoms with E-state index in [2.05, 4.69) is 32.3 Å². The van der Waals surface area contributed by atoms with Gasteiger partial charge >= 0.3 is 0 Å². The summed E-state index contributed by atoms with van der Waals surface area (Å²) in [4.78, 5) is 12.5. The minimum atomic E-state index is -0.141. The summed E-state index contributed by atoms with van der Waals surface area (Å²) < 4.78 is 7.25. The number of amides is 1. The van der Waals surface area contributed by atoms with E-state index in [-0.39, 0.29) is 11.7 Å². The molecule has 2 heterocycles. The van der Waals surface area contributed by atoms with Crippen molar-refractivity contribution in [1.29, 1.82) is 0 Å². The molecule has 8 nitrogen and oxygen atoms in total. The highest BCUT2D eigenvalue weighted by molar-refractivity contribution is 7.99. The van der Waals surface area contributed by atoms with Crippen LogP contribution in [0.1, 0.15) is 43.0 Å². The van der Waals surface area contributed by atoms with Crippen LogP contribution < -0.4 is 10.1 Å². The number of carbonyl (C=O) groups is 1. The fourth-order valence-electron chi connectivity index (χ4n) is 3.75. The van der Waals surface area contributed by atoms with Crippen LogP contribution in [0.5, 0.6) is 5.75 Å². The maximum Gasteiger partial charge on any atom is 0.236 e. The predicted octanol–water partition coefficient (Wildman–Crippen LogP) is 4.77. The molecule has 0 unspecified atom stereocenters. The van der Waals surface area contributed by atoms with E-state index in [0.717, 1.165) is 29.2 Å². The molecule has 0 radical (unpaired) electrons. The second kappa shape index (κ2) is 10.7. The number of allylic oxidation sites excluding steroid dienone is 1.